The van der Waals surface area contributed by atoms with Gasteiger partial charge in [0.2, 0.25) is 0 Å². The van der Waals surface area contributed by atoms with Gasteiger partial charge in [-0.1, -0.05) is 38.5 Å². The molecule has 0 saturated carbocycles. The van der Waals surface area contributed by atoms with Gasteiger partial charge in [-0.05, 0) is 25.7 Å². The number of carbonyl (C=O) groups is 2. The zero-order valence-corrected chi connectivity index (χ0v) is 36.3. The molecule has 6 nitrogen and oxygen atoms in total. The molecule has 2 amide bonds. The van der Waals surface area contributed by atoms with Gasteiger partial charge < -0.3 is 19.6 Å². The van der Waals surface area contributed by atoms with Gasteiger partial charge in [0.1, 0.15) is 0 Å². The fourth-order valence-corrected chi connectivity index (χ4v) is 6.18. The van der Waals surface area contributed by atoms with Crippen LogP contribution in [-0.4, -0.2) is 160 Å². The highest BCUT2D eigenvalue weighted by Gasteiger charge is 2.92. The van der Waals surface area contributed by atoms with Crippen molar-refractivity contribution in [3.8, 4) is 0 Å². The first kappa shape index (κ1) is 65.0. The van der Waals surface area contributed by atoms with Crippen LogP contribution in [0.5, 0.6) is 0 Å². The van der Waals surface area contributed by atoms with Crippen LogP contribution >= 0.6 is 0 Å². The van der Waals surface area contributed by atoms with Crippen LogP contribution in [0.25, 0.3) is 0 Å². The maximum Gasteiger partial charge on any atom is 0.460 e. The lowest BCUT2D eigenvalue weighted by Crippen LogP contribution is -2.70. The molecule has 68 heavy (non-hydrogen) atoms. The van der Waals surface area contributed by atoms with E-state index in [4.69, 9.17) is 0 Å². The molecule has 32 heteroatoms. The van der Waals surface area contributed by atoms with Gasteiger partial charge in [-0.25, -0.2) is 0 Å². The minimum absolute atomic E-state index is 0.141. The molecule has 0 radical (unpaired) electrons. The molecule has 0 heterocycles. The third kappa shape index (κ3) is 14.8. The van der Waals surface area contributed by atoms with Crippen LogP contribution in [0, 0.1) is 0 Å². The summed E-state index contributed by atoms with van der Waals surface area (Å²) in [5.41, 5.74) is 0. The summed E-state index contributed by atoms with van der Waals surface area (Å²) >= 11 is 0. The first-order valence-corrected chi connectivity index (χ1v) is 20.0. The molecule has 0 aromatic rings. The Bertz CT molecular complexity index is 1500. The number of nitrogens with zero attached hydrogens (tertiary/aromatic N) is 2. The summed E-state index contributed by atoms with van der Waals surface area (Å²) in [5, 5.41) is 3.28. The molecule has 0 atom stereocenters. The average molecular weight is 1060 g/mol. The molecule has 0 aromatic heterocycles. The third-order valence-corrected chi connectivity index (χ3v) is 10.4. The largest absolute Gasteiger partial charge is 0.460 e. The van der Waals surface area contributed by atoms with Crippen LogP contribution in [0.3, 0.4) is 0 Å². The SMILES string of the molecule is C[N+](C)(CCCCCCCCCCCC[N+](C)(C)CC(=O)NCCC(F)(F)C(F)(F)C(F)(F)C(F)(F)C(F)(F)C(F)(F)F)CC(=O)NCCC(F)(F)C(F)(F)C(F)(F)C(F)(F)C(F)(F)C(F)(F)F. The van der Waals surface area contributed by atoms with E-state index in [0.29, 0.717) is 38.5 Å². The molecule has 2 N–H and O–H groups in total. The van der Waals surface area contributed by atoms with Gasteiger partial charge in [0.15, 0.2) is 13.1 Å². The van der Waals surface area contributed by atoms with E-state index in [9.17, 15) is 124 Å². The summed E-state index contributed by atoms with van der Waals surface area (Å²) < 4.78 is 344. The Morgan fingerprint density at radius 1 is 0.324 bits per heavy atom. The van der Waals surface area contributed by atoms with Crippen molar-refractivity contribution < 1.29 is 133 Å². The van der Waals surface area contributed by atoms with Crippen LogP contribution < -0.4 is 10.6 Å². The lowest BCUT2D eigenvalue weighted by molar-refractivity contribution is -0.882. The van der Waals surface area contributed by atoms with Gasteiger partial charge in [-0.15, -0.1) is 0 Å². The van der Waals surface area contributed by atoms with Gasteiger partial charge in [0.25, 0.3) is 11.8 Å². The van der Waals surface area contributed by atoms with Crippen LogP contribution in [0.15, 0.2) is 0 Å². The summed E-state index contributed by atoms with van der Waals surface area (Å²) in [4.78, 5) is 24.4. The molecule has 0 saturated heterocycles. The van der Waals surface area contributed by atoms with Crippen molar-refractivity contribution in [2.75, 3.05) is 67.5 Å². The highest BCUT2D eigenvalue weighted by Crippen LogP contribution is 2.62. The second kappa shape index (κ2) is 22.2. The standard InChI is InChI=1S/C36H48F26N4O2/c1-65(2,21-23(67)63-17-15-25(37,38)27(41,42)29(45,46)31(49,50)33(53,54)35(57,58)59)19-13-11-9-7-5-6-8-10-12-14-20-66(3,4)22-24(68)64-18-16-26(39,40)28(43,44)30(47,48)32(51,52)34(55,56)36(60,61)62/h5-22H2,1-4H3/p+2. The quantitative estimate of drug-likeness (QED) is 0.0413. The molecule has 406 valence electrons. The highest BCUT2D eigenvalue weighted by atomic mass is 19.4. The van der Waals surface area contributed by atoms with Crippen LogP contribution in [0.2, 0.25) is 0 Å². The topological polar surface area (TPSA) is 58.2 Å². The van der Waals surface area contributed by atoms with E-state index in [-0.39, 0.29) is 22.1 Å². The smallest absolute Gasteiger partial charge is 0.351 e. The van der Waals surface area contributed by atoms with Crippen molar-refractivity contribution in [2.24, 2.45) is 0 Å². The second-order valence-electron chi connectivity index (χ2n) is 17.4. The number of hydrogen-bond acceptors (Lipinski definition) is 2. The zero-order valence-electron chi connectivity index (χ0n) is 36.3. The summed E-state index contributed by atoms with van der Waals surface area (Å²) in [7, 11) is 5.87. The summed E-state index contributed by atoms with van der Waals surface area (Å²) in [6.45, 7) is -3.69. The summed E-state index contributed by atoms with van der Waals surface area (Å²) in [5.74, 6) is -77.4. The maximum atomic E-state index is 14.0. The van der Waals surface area contributed by atoms with Crippen molar-refractivity contribution in [1.82, 2.24) is 10.6 Å². The Morgan fingerprint density at radius 2 is 0.529 bits per heavy atom. The fourth-order valence-electron chi connectivity index (χ4n) is 6.18. The van der Waals surface area contributed by atoms with Crippen molar-refractivity contribution >= 4 is 11.8 Å². The van der Waals surface area contributed by atoms with Gasteiger partial charge in [0.05, 0.1) is 41.3 Å². The number of likely N-dealkylation sites (N-methyl/N-ethyl adjacent to an activating group) is 2. The number of amides is 2. The number of carbonyl (C=O) groups excluding carboxylic acids is 2. The van der Waals surface area contributed by atoms with Crippen LogP contribution in [-0.2, 0) is 9.59 Å². The molecule has 0 rings (SSSR count). The molecular formula is C36H50F26N4O2+2. The number of alkyl halides is 26. The van der Waals surface area contributed by atoms with E-state index in [1.54, 1.807) is 10.6 Å². The molecule has 0 aliphatic carbocycles. The fraction of sp³-hybridized carbons (Fsp3) is 0.944. The highest BCUT2D eigenvalue weighted by molar-refractivity contribution is 5.77. The number of nitrogens with one attached hydrogen (secondary N) is 2. The lowest BCUT2D eigenvalue weighted by Gasteiger charge is -2.39. The predicted octanol–water partition coefficient (Wildman–Crippen LogP) is 11.5. The molecule has 0 fully saturated rings. The molecular weight excluding hydrogens is 1010 g/mol. The molecule has 0 unspecified atom stereocenters. The average Bonchev–Trinajstić information content (AvgIpc) is 3.12. The van der Waals surface area contributed by atoms with Gasteiger partial charge >= 0.3 is 71.6 Å². The van der Waals surface area contributed by atoms with E-state index >= 15 is 0 Å². The van der Waals surface area contributed by atoms with Crippen molar-refractivity contribution in [1.29, 1.82) is 0 Å². The van der Waals surface area contributed by atoms with Gasteiger partial charge in [-0.3, -0.25) is 9.59 Å². The molecule has 0 aliphatic rings. The number of hydrogen-bond donors (Lipinski definition) is 2. The normalized spacial score (nSPS) is 15.2. The summed E-state index contributed by atoms with van der Waals surface area (Å²) in [6, 6.07) is 0. The first-order valence-electron chi connectivity index (χ1n) is 20.0. The Labute approximate surface area is 371 Å². The Morgan fingerprint density at radius 3 is 0.750 bits per heavy atom. The zero-order chi connectivity index (χ0) is 54.3. The van der Waals surface area contributed by atoms with Crippen LogP contribution in [0.1, 0.15) is 77.0 Å². The maximum absolute atomic E-state index is 14.0. The Balaban J connectivity index is 4.60. The van der Waals surface area contributed by atoms with Crippen molar-refractivity contribution in [3.63, 3.8) is 0 Å². The molecule has 0 bridgehead atoms. The van der Waals surface area contributed by atoms with E-state index in [1.807, 2.05) is 0 Å². The number of quaternary nitrogens is 2. The molecule has 0 aliphatic heterocycles. The summed E-state index contributed by atoms with van der Waals surface area (Å²) in [6.07, 6.45) is -13.5. The number of rotatable bonds is 31. The second-order valence-corrected chi connectivity index (χ2v) is 17.4. The lowest BCUT2D eigenvalue weighted by atomic mass is 9.92. The molecule has 0 aromatic carbocycles. The van der Waals surface area contributed by atoms with E-state index < -0.39 is 122 Å². The monoisotopic (exact) mass is 1060 g/mol. The van der Waals surface area contributed by atoms with E-state index in [0.717, 1.165) is 25.7 Å². The predicted molar refractivity (Wildman–Crippen MR) is 187 cm³/mol. The minimum atomic E-state index is -8.02. The van der Waals surface area contributed by atoms with Crippen LogP contribution in [0.4, 0.5) is 114 Å². The van der Waals surface area contributed by atoms with Gasteiger partial charge in [-0.2, -0.15) is 114 Å². The first-order chi connectivity index (χ1) is 29.9. The Kier molecular flexibility index (Phi) is 21.2. The minimum Gasteiger partial charge on any atom is -0.351 e. The van der Waals surface area contributed by atoms with Gasteiger partial charge in [0, 0.05) is 25.9 Å². The van der Waals surface area contributed by atoms with Crippen molar-refractivity contribution in [3.05, 3.63) is 0 Å². The van der Waals surface area contributed by atoms with E-state index in [1.165, 1.54) is 28.2 Å². The number of halogens is 26. The molecule has 0 spiro atoms. The third-order valence-electron chi connectivity index (χ3n) is 10.4. The Hall–Kier alpha value is -2.96. The van der Waals surface area contributed by atoms with Crippen molar-refractivity contribution in [2.45, 2.75) is 149 Å². The van der Waals surface area contributed by atoms with E-state index in [2.05, 4.69) is 0 Å². The number of unbranched alkanes of at least 4 members (excludes halogenated alkanes) is 9.